The molecule has 8 nitrogen and oxygen atoms in total. The van der Waals surface area contributed by atoms with Gasteiger partial charge in [-0.05, 0) is 64.5 Å². The van der Waals surface area contributed by atoms with E-state index < -0.39 is 12.9 Å². The van der Waals surface area contributed by atoms with E-state index in [0.717, 1.165) is 36.9 Å². The monoisotopic (exact) mass is 530 g/mol. The van der Waals surface area contributed by atoms with Crippen molar-refractivity contribution in [3.8, 4) is 5.75 Å². The van der Waals surface area contributed by atoms with Crippen molar-refractivity contribution in [2.75, 3.05) is 57.8 Å². The Morgan fingerprint density at radius 2 is 1.92 bits per heavy atom. The number of ether oxygens (including phenoxy) is 1. The van der Waals surface area contributed by atoms with Crippen molar-refractivity contribution in [1.29, 1.82) is 0 Å². The summed E-state index contributed by atoms with van der Waals surface area (Å²) in [7, 11) is 3.39. The van der Waals surface area contributed by atoms with Gasteiger partial charge in [-0.3, -0.25) is 5.73 Å². The summed E-state index contributed by atoms with van der Waals surface area (Å²) in [6.45, 7) is 5.45. The highest BCUT2D eigenvalue weighted by atomic mass is 35.5. The van der Waals surface area contributed by atoms with E-state index in [2.05, 4.69) is 45.6 Å². The summed E-state index contributed by atoms with van der Waals surface area (Å²) in [5.74, 6) is -0.190. The summed E-state index contributed by atoms with van der Waals surface area (Å²) in [4.78, 5) is 9.19. The van der Waals surface area contributed by atoms with Crippen LogP contribution in [0.5, 0.6) is 5.75 Å². The van der Waals surface area contributed by atoms with Gasteiger partial charge in [-0.2, -0.15) is 0 Å². The van der Waals surface area contributed by atoms with Gasteiger partial charge in [0.25, 0.3) is 0 Å². The first-order valence-electron chi connectivity index (χ1n) is 12.1. The van der Waals surface area contributed by atoms with E-state index in [1.165, 1.54) is 6.21 Å². The predicted octanol–water partition coefficient (Wildman–Crippen LogP) is 3.74. The Hall–Kier alpha value is -2.51. The maximum Gasteiger partial charge on any atom is 0.213 e. The minimum atomic E-state index is -2.52. The lowest BCUT2D eigenvalue weighted by atomic mass is 10.0. The van der Waals surface area contributed by atoms with E-state index in [1.807, 2.05) is 36.4 Å². The molecule has 4 N–H and O–H groups in total. The average Bonchev–Trinajstić information content (AvgIpc) is 2.85. The Balaban J connectivity index is 1.58. The molecule has 0 bridgehead atoms. The van der Waals surface area contributed by atoms with E-state index in [1.54, 1.807) is 20.4 Å². The van der Waals surface area contributed by atoms with E-state index in [4.69, 9.17) is 22.1 Å². The quantitative estimate of drug-likeness (QED) is 0.469. The maximum absolute atomic E-state index is 12.8. The summed E-state index contributed by atoms with van der Waals surface area (Å²) in [6, 6.07) is 14.1. The average molecular weight is 531 g/mol. The van der Waals surface area contributed by atoms with Crippen molar-refractivity contribution in [1.82, 2.24) is 10.2 Å². The molecule has 1 unspecified atom stereocenters. The smallest absolute Gasteiger partial charge is 0.213 e. The van der Waals surface area contributed by atoms with Crippen molar-refractivity contribution in [3.05, 3.63) is 58.9 Å². The lowest BCUT2D eigenvalue weighted by Gasteiger charge is -2.37. The molecule has 2 aromatic carbocycles. The minimum absolute atomic E-state index is 0.368. The van der Waals surface area contributed by atoms with Crippen molar-refractivity contribution in [2.45, 2.75) is 24.7 Å². The molecule has 2 aliphatic heterocycles. The molecule has 0 amide bonds. The number of hydrogen-bond donors (Lipinski definition) is 3. The summed E-state index contributed by atoms with van der Waals surface area (Å²) < 4.78 is 18.6. The minimum Gasteiger partial charge on any atom is -0.496 e. The van der Waals surface area contributed by atoms with Gasteiger partial charge in [0.15, 0.2) is 0 Å². The zero-order valence-corrected chi connectivity index (χ0v) is 23.2. The number of hydrogen-bond acceptors (Lipinski definition) is 8. The number of rotatable bonds is 7. The molecule has 0 saturated carbocycles. The van der Waals surface area contributed by atoms with E-state index >= 15 is 0 Å². The molecule has 4 rings (SSSR count). The van der Waals surface area contributed by atoms with Crippen LogP contribution in [0.2, 0.25) is 0 Å². The third-order valence-electron chi connectivity index (χ3n) is 6.84. The predicted molar refractivity (Wildman–Crippen MR) is 151 cm³/mol. The molecule has 2 heterocycles. The van der Waals surface area contributed by atoms with E-state index in [-0.39, 0.29) is 0 Å². The molecule has 0 spiro atoms. The van der Waals surface area contributed by atoms with Gasteiger partial charge in [-0.25, -0.2) is 4.99 Å². The molecular weight excluding hydrogens is 495 g/mol. The second-order valence-electron chi connectivity index (χ2n) is 9.93. The van der Waals surface area contributed by atoms with Crippen LogP contribution in [0.3, 0.4) is 0 Å². The van der Waals surface area contributed by atoms with Gasteiger partial charge in [0.05, 0.1) is 23.4 Å². The third-order valence-corrected chi connectivity index (χ3v) is 8.67. The zero-order valence-electron chi connectivity index (χ0n) is 21.6. The fourth-order valence-corrected chi connectivity index (χ4v) is 6.05. The molecule has 1 fully saturated rings. The maximum atomic E-state index is 12.8. The summed E-state index contributed by atoms with van der Waals surface area (Å²) in [6.07, 6.45) is 3.76. The Labute approximate surface area is 218 Å². The van der Waals surface area contributed by atoms with Gasteiger partial charge >= 0.3 is 0 Å². The molecule has 1 saturated heterocycles. The number of methoxy groups -OCH3 is 1. The number of para-hydroxylation sites is 1. The van der Waals surface area contributed by atoms with Gasteiger partial charge in [0, 0.05) is 42.4 Å². The molecule has 0 aliphatic carbocycles. The number of piperidine rings is 1. The molecule has 0 radical (unpaired) electrons. The highest BCUT2D eigenvalue weighted by Crippen LogP contribution is 2.39. The van der Waals surface area contributed by atoms with Crippen LogP contribution >= 0.6 is 18.7 Å². The fraction of sp³-hybridized carbons (Fsp3) is 0.423. The van der Waals surface area contributed by atoms with Crippen LogP contribution in [-0.2, 0) is 10.4 Å². The topological polar surface area (TPSA) is 95.2 Å². The molecule has 10 heteroatoms. The summed E-state index contributed by atoms with van der Waals surface area (Å²) >= 11 is 6.49. The summed E-state index contributed by atoms with van der Waals surface area (Å²) in [5.41, 5.74) is 9.25. The van der Waals surface area contributed by atoms with Crippen LogP contribution in [0.25, 0.3) is 0 Å². The van der Waals surface area contributed by atoms with Crippen molar-refractivity contribution in [3.63, 3.8) is 0 Å². The van der Waals surface area contributed by atoms with E-state index in [9.17, 15) is 4.57 Å². The first-order valence-corrected chi connectivity index (χ1v) is 15.0. The lowest BCUT2D eigenvalue weighted by Crippen LogP contribution is -2.52. The normalized spacial score (nSPS) is 21.1. The molecule has 2 aliphatic rings. The number of anilines is 2. The molecule has 194 valence electrons. The van der Waals surface area contributed by atoms with Gasteiger partial charge in [-0.15, -0.1) is 0 Å². The Morgan fingerprint density at radius 1 is 1.22 bits per heavy atom. The number of nitrogens with two attached hydrogens (primary N) is 1. The van der Waals surface area contributed by atoms with Crippen molar-refractivity contribution >= 4 is 41.6 Å². The standard InChI is InChI=1S/C26H36ClN6O2P/c1-32(2)18-12-14-33(15-13-18)19-10-11-20(23(16-19)35-3)26(28)29-17-21(27)25(31-26)30-22-8-6-7-9-24(22)36(4,5)34/h6-11,16-18,30-31H,12-15,28H2,1-5H3. The first-order chi connectivity index (χ1) is 17.0. The highest BCUT2D eigenvalue weighted by molar-refractivity contribution is 7.70. The van der Waals surface area contributed by atoms with Gasteiger partial charge < -0.3 is 29.7 Å². The third kappa shape index (κ3) is 5.57. The second-order valence-corrected chi connectivity index (χ2v) is 13.5. The molecule has 1 atom stereocenters. The largest absolute Gasteiger partial charge is 0.496 e. The molecular formula is C26H36ClN6O2P. The lowest BCUT2D eigenvalue weighted by molar-refractivity contribution is 0.249. The van der Waals surface area contributed by atoms with Crippen LogP contribution in [0.15, 0.2) is 58.3 Å². The molecule has 0 aromatic heterocycles. The van der Waals surface area contributed by atoms with Crippen LogP contribution in [0, 0.1) is 0 Å². The van der Waals surface area contributed by atoms with Gasteiger partial charge in [-0.1, -0.05) is 23.7 Å². The number of benzene rings is 2. The Bertz CT molecular complexity index is 1220. The van der Waals surface area contributed by atoms with Crippen LogP contribution in [-0.4, -0.2) is 64.8 Å². The van der Waals surface area contributed by atoms with Gasteiger partial charge in [0.1, 0.15) is 18.7 Å². The zero-order chi connectivity index (χ0) is 26.1. The van der Waals surface area contributed by atoms with E-state index in [0.29, 0.717) is 33.9 Å². The fourth-order valence-electron chi connectivity index (χ4n) is 4.75. The molecule has 36 heavy (non-hydrogen) atoms. The first kappa shape index (κ1) is 26.6. The van der Waals surface area contributed by atoms with Crippen LogP contribution in [0.4, 0.5) is 11.4 Å². The number of halogens is 1. The number of nitrogens with zero attached hydrogens (tertiary/aromatic N) is 3. The number of aliphatic imine (C=N–C) groups is 1. The Kier molecular flexibility index (Phi) is 7.72. The molecule has 2 aromatic rings. The summed E-state index contributed by atoms with van der Waals surface area (Å²) in [5, 5.41) is 7.63. The van der Waals surface area contributed by atoms with Gasteiger partial charge in [0.2, 0.25) is 5.79 Å². The highest BCUT2D eigenvalue weighted by Gasteiger charge is 2.34. The van der Waals surface area contributed by atoms with Crippen molar-refractivity contribution in [2.24, 2.45) is 10.7 Å². The second kappa shape index (κ2) is 10.5. The SMILES string of the molecule is COc1cc(N2CCC(N(C)C)CC2)ccc1C1(N)N=CC(Cl)=C(Nc2ccccc2P(C)(C)=O)N1. The van der Waals surface area contributed by atoms with Crippen LogP contribution < -0.4 is 31.3 Å². The Morgan fingerprint density at radius 3 is 2.56 bits per heavy atom. The number of nitrogens with one attached hydrogen (secondary N) is 2. The number of allylic oxidation sites excluding steroid dienone is 1. The van der Waals surface area contributed by atoms with Crippen molar-refractivity contribution < 1.29 is 9.30 Å². The van der Waals surface area contributed by atoms with Crippen LogP contribution in [0.1, 0.15) is 18.4 Å².